The van der Waals surface area contributed by atoms with Gasteiger partial charge >= 0.3 is 0 Å². The molecule has 0 radical (unpaired) electrons. The number of hydrogen-bond donors (Lipinski definition) is 1. The van der Waals surface area contributed by atoms with Gasteiger partial charge in [-0.2, -0.15) is 0 Å². The summed E-state index contributed by atoms with van der Waals surface area (Å²) in [7, 11) is 3.08. The minimum Gasteiger partial charge on any atom is -0.507 e. The summed E-state index contributed by atoms with van der Waals surface area (Å²) in [5.41, 5.74) is 3.07. The normalized spacial score (nSPS) is 20.8. The van der Waals surface area contributed by atoms with E-state index in [0.717, 1.165) is 36.8 Å². The monoisotopic (exact) mass is 435 g/mol. The number of rotatable bonds is 5. The van der Waals surface area contributed by atoms with Crippen molar-refractivity contribution in [3.05, 3.63) is 64.2 Å². The minimum absolute atomic E-state index is 0.0590. The molecule has 1 heterocycles. The van der Waals surface area contributed by atoms with Gasteiger partial charge in [0.05, 0.1) is 25.8 Å². The number of likely N-dealkylation sites (tertiary alicyclic amines) is 1. The number of ether oxygens (including phenoxy) is 2. The Hall–Kier alpha value is -3.28. The number of nitrogens with zero attached hydrogens (tertiary/aromatic N) is 1. The molecule has 0 spiro atoms. The van der Waals surface area contributed by atoms with Crippen molar-refractivity contribution in [3.8, 4) is 11.5 Å². The number of carbonyl (C=O) groups excluding carboxylic acids is 2. The summed E-state index contributed by atoms with van der Waals surface area (Å²) in [4.78, 5) is 28.3. The van der Waals surface area contributed by atoms with Crippen LogP contribution in [0.15, 0.2) is 42.0 Å². The Morgan fingerprint density at radius 1 is 1.03 bits per heavy atom. The molecule has 2 fully saturated rings. The van der Waals surface area contributed by atoms with Crippen LogP contribution >= 0.6 is 0 Å². The van der Waals surface area contributed by atoms with Gasteiger partial charge in [-0.3, -0.25) is 9.59 Å². The smallest absolute Gasteiger partial charge is 0.295 e. The third-order valence-electron chi connectivity index (χ3n) is 6.57. The highest BCUT2D eigenvalue weighted by atomic mass is 16.5. The first-order valence-corrected chi connectivity index (χ1v) is 11.0. The second-order valence-corrected chi connectivity index (χ2v) is 8.55. The van der Waals surface area contributed by atoms with Crippen LogP contribution in [0.4, 0.5) is 0 Å². The molecule has 1 N–H and O–H groups in total. The lowest BCUT2D eigenvalue weighted by atomic mass is 9.92. The van der Waals surface area contributed by atoms with Crippen LogP contribution in [0.3, 0.4) is 0 Å². The summed E-state index contributed by atoms with van der Waals surface area (Å²) in [6.45, 7) is 3.80. The molecule has 2 aliphatic rings. The molecule has 1 amide bonds. The molecule has 6 heteroatoms. The van der Waals surface area contributed by atoms with Gasteiger partial charge in [0.25, 0.3) is 11.7 Å². The van der Waals surface area contributed by atoms with Crippen LogP contribution in [-0.4, -0.2) is 42.0 Å². The highest BCUT2D eigenvalue weighted by Gasteiger charge is 2.50. The maximum atomic E-state index is 13.3. The van der Waals surface area contributed by atoms with E-state index in [1.807, 2.05) is 44.2 Å². The lowest BCUT2D eigenvalue weighted by molar-refractivity contribution is -0.141. The topological polar surface area (TPSA) is 76.1 Å². The fourth-order valence-electron chi connectivity index (χ4n) is 4.98. The quantitative estimate of drug-likeness (QED) is 0.419. The first kappa shape index (κ1) is 21.9. The van der Waals surface area contributed by atoms with E-state index in [4.69, 9.17) is 9.47 Å². The predicted molar refractivity (Wildman–Crippen MR) is 122 cm³/mol. The number of para-hydroxylation sites is 1. The second kappa shape index (κ2) is 8.69. The Morgan fingerprint density at radius 2 is 1.75 bits per heavy atom. The van der Waals surface area contributed by atoms with E-state index in [-0.39, 0.29) is 17.4 Å². The van der Waals surface area contributed by atoms with E-state index >= 15 is 0 Å². The van der Waals surface area contributed by atoms with Crippen molar-refractivity contribution >= 4 is 17.4 Å². The van der Waals surface area contributed by atoms with E-state index < -0.39 is 17.7 Å². The Labute approximate surface area is 188 Å². The van der Waals surface area contributed by atoms with E-state index in [1.54, 1.807) is 18.1 Å². The summed E-state index contributed by atoms with van der Waals surface area (Å²) >= 11 is 0. The molecule has 1 saturated heterocycles. The average Bonchev–Trinajstić information content (AvgIpc) is 3.41. The zero-order valence-electron chi connectivity index (χ0n) is 19.0. The van der Waals surface area contributed by atoms with Gasteiger partial charge in [0, 0.05) is 17.2 Å². The molecule has 168 valence electrons. The minimum atomic E-state index is -0.747. The van der Waals surface area contributed by atoms with Crippen molar-refractivity contribution < 1.29 is 24.2 Å². The van der Waals surface area contributed by atoms with Crippen molar-refractivity contribution in [2.24, 2.45) is 0 Å². The fourth-order valence-corrected chi connectivity index (χ4v) is 4.98. The van der Waals surface area contributed by atoms with Gasteiger partial charge in [0.15, 0.2) is 11.5 Å². The molecule has 6 nitrogen and oxygen atoms in total. The molecule has 0 bridgehead atoms. The van der Waals surface area contributed by atoms with Gasteiger partial charge < -0.3 is 19.5 Å². The molecular formula is C26H29NO5. The van der Waals surface area contributed by atoms with Crippen molar-refractivity contribution in [2.75, 3.05) is 14.2 Å². The van der Waals surface area contributed by atoms with Crippen molar-refractivity contribution in [1.29, 1.82) is 0 Å². The van der Waals surface area contributed by atoms with Gasteiger partial charge in [-0.25, -0.2) is 0 Å². The summed E-state index contributed by atoms with van der Waals surface area (Å²) in [6.07, 6.45) is 3.68. The molecule has 2 aromatic carbocycles. The fraction of sp³-hybridized carbons (Fsp3) is 0.385. The van der Waals surface area contributed by atoms with Gasteiger partial charge in [-0.1, -0.05) is 42.7 Å². The average molecular weight is 436 g/mol. The van der Waals surface area contributed by atoms with E-state index in [1.165, 1.54) is 7.11 Å². The number of amides is 1. The van der Waals surface area contributed by atoms with E-state index in [9.17, 15) is 14.7 Å². The maximum absolute atomic E-state index is 13.3. The predicted octanol–water partition coefficient (Wildman–Crippen LogP) is 4.68. The zero-order valence-corrected chi connectivity index (χ0v) is 19.0. The first-order chi connectivity index (χ1) is 15.4. The van der Waals surface area contributed by atoms with Crippen LogP contribution in [0.5, 0.6) is 11.5 Å². The molecule has 1 aliphatic heterocycles. The SMILES string of the molecule is COc1cccc(C2/C(=C(\O)c3cc(C)ccc3C)C(=O)C(=O)N2C2CCCC2)c1OC. The molecule has 1 saturated carbocycles. The molecule has 1 unspecified atom stereocenters. The van der Waals surface area contributed by atoms with Crippen LogP contribution in [-0.2, 0) is 9.59 Å². The summed E-state index contributed by atoms with van der Waals surface area (Å²) in [6, 6.07) is 10.3. The summed E-state index contributed by atoms with van der Waals surface area (Å²) in [5, 5.41) is 11.4. The maximum Gasteiger partial charge on any atom is 0.295 e. The first-order valence-electron chi connectivity index (χ1n) is 11.0. The van der Waals surface area contributed by atoms with Crippen LogP contribution in [0, 0.1) is 13.8 Å². The Kier molecular flexibility index (Phi) is 5.96. The lowest BCUT2D eigenvalue weighted by Crippen LogP contribution is -2.37. The molecule has 1 atom stereocenters. The Balaban J connectivity index is 1.99. The van der Waals surface area contributed by atoms with Crippen molar-refractivity contribution in [2.45, 2.75) is 51.6 Å². The van der Waals surface area contributed by atoms with Gasteiger partial charge in [-0.05, 0) is 44.4 Å². The molecule has 1 aliphatic carbocycles. The highest BCUT2D eigenvalue weighted by Crippen LogP contribution is 2.48. The number of aliphatic hydroxyl groups is 1. The Morgan fingerprint density at radius 3 is 2.41 bits per heavy atom. The second-order valence-electron chi connectivity index (χ2n) is 8.55. The third kappa shape index (κ3) is 3.53. The third-order valence-corrected chi connectivity index (χ3v) is 6.57. The summed E-state index contributed by atoms with van der Waals surface area (Å²) < 4.78 is 11.1. The van der Waals surface area contributed by atoms with Crippen molar-refractivity contribution in [1.82, 2.24) is 4.90 Å². The van der Waals surface area contributed by atoms with Gasteiger partial charge in [-0.15, -0.1) is 0 Å². The highest BCUT2D eigenvalue weighted by molar-refractivity contribution is 6.46. The molecule has 4 rings (SSSR count). The number of aliphatic hydroxyl groups excluding tert-OH is 1. The number of Topliss-reactive ketones (excluding diaryl/α,β-unsaturated/α-hetero) is 1. The molecular weight excluding hydrogens is 406 g/mol. The molecule has 0 aromatic heterocycles. The lowest BCUT2D eigenvalue weighted by Gasteiger charge is -2.31. The van der Waals surface area contributed by atoms with Crippen LogP contribution in [0.2, 0.25) is 0 Å². The number of ketones is 1. The number of benzene rings is 2. The van der Waals surface area contributed by atoms with E-state index in [2.05, 4.69) is 0 Å². The van der Waals surface area contributed by atoms with E-state index in [0.29, 0.717) is 22.6 Å². The largest absolute Gasteiger partial charge is 0.507 e. The van der Waals surface area contributed by atoms with Crippen LogP contribution in [0.1, 0.15) is 54.0 Å². The number of aryl methyl sites for hydroxylation is 2. The standard InChI is InChI=1S/C26H29NO5/c1-15-12-13-16(2)19(14-15)23(28)21-22(18-10-7-11-20(31-3)25(18)32-4)27(26(30)24(21)29)17-8-5-6-9-17/h7,10-14,17,22,28H,5-6,8-9H2,1-4H3/b23-21+. The van der Waals surface area contributed by atoms with Crippen LogP contribution < -0.4 is 9.47 Å². The van der Waals surface area contributed by atoms with Gasteiger partial charge in [0.1, 0.15) is 5.76 Å². The Bertz CT molecular complexity index is 1100. The van der Waals surface area contributed by atoms with Gasteiger partial charge in [0.2, 0.25) is 0 Å². The van der Waals surface area contributed by atoms with Crippen LogP contribution in [0.25, 0.3) is 5.76 Å². The molecule has 2 aromatic rings. The number of carbonyl (C=O) groups is 2. The number of methoxy groups -OCH3 is 2. The zero-order chi connectivity index (χ0) is 23.0. The molecule has 32 heavy (non-hydrogen) atoms. The van der Waals surface area contributed by atoms with Crippen molar-refractivity contribution in [3.63, 3.8) is 0 Å². The summed E-state index contributed by atoms with van der Waals surface area (Å²) in [5.74, 6) is -0.422. The number of hydrogen-bond acceptors (Lipinski definition) is 5.